The van der Waals surface area contributed by atoms with E-state index in [4.69, 9.17) is 4.74 Å². The van der Waals surface area contributed by atoms with E-state index in [0.717, 1.165) is 18.3 Å². The van der Waals surface area contributed by atoms with Gasteiger partial charge in [0.25, 0.3) is 0 Å². The average Bonchev–Trinajstić information content (AvgIpc) is 3.10. The van der Waals surface area contributed by atoms with Crippen LogP contribution in [0.4, 0.5) is 0 Å². The Kier molecular flexibility index (Phi) is 4.06. The maximum absolute atomic E-state index is 6.02. The smallest absolute Gasteiger partial charge is 0.123 e. The zero-order chi connectivity index (χ0) is 12.3. The van der Waals surface area contributed by atoms with Crippen molar-refractivity contribution in [2.75, 3.05) is 6.54 Å². The number of hydrogen-bond donors (Lipinski definition) is 1. The molecule has 2 heteroatoms. The van der Waals surface area contributed by atoms with E-state index >= 15 is 0 Å². The summed E-state index contributed by atoms with van der Waals surface area (Å²) in [7, 11) is 0. The van der Waals surface area contributed by atoms with Crippen molar-refractivity contribution in [2.24, 2.45) is 0 Å². The standard InChI is InChI=1S/C15H23NO/c1-11(2)14-6-4-5-7-15(14)17-12(3)10-16-13-8-9-13/h4-7,11-13,16H,8-10H2,1-3H3. The van der Waals surface area contributed by atoms with Gasteiger partial charge >= 0.3 is 0 Å². The summed E-state index contributed by atoms with van der Waals surface area (Å²) in [6.45, 7) is 7.48. The average molecular weight is 233 g/mol. The Hall–Kier alpha value is -1.02. The van der Waals surface area contributed by atoms with E-state index in [-0.39, 0.29) is 6.10 Å². The maximum atomic E-state index is 6.02. The predicted molar refractivity (Wildman–Crippen MR) is 71.6 cm³/mol. The topological polar surface area (TPSA) is 21.3 Å². The third kappa shape index (κ3) is 3.74. The molecule has 1 fully saturated rings. The van der Waals surface area contributed by atoms with Crippen LogP contribution in [0.25, 0.3) is 0 Å². The van der Waals surface area contributed by atoms with Crippen LogP contribution in [0.3, 0.4) is 0 Å². The first-order chi connectivity index (χ1) is 8.16. The first-order valence-corrected chi connectivity index (χ1v) is 6.65. The molecular weight excluding hydrogens is 210 g/mol. The second-order valence-electron chi connectivity index (χ2n) is 5.30. The fourth-order valence-electron chi connectivity index (χ4n) is 1.94. The first-order valence-electron chi connectivity index (χ1n) is 6.65. The zero-order valence-electron chi connectivity index (χ0n) is 11.1. The molecule has 1 atom stereocenters. The molecule has 17 heavy (non-hydrogen) atoms. The molecule has 94 valence electrons. The van der Waals surface area contributed by atoms with Gasteiger partial charge in [-0.15, -0.1) is 0 Å². The minimum absolute atomic E-state index is 0.232. The fourth-order valence-corrected chi connectivity index (χ4v) is 1.94. The van der Waals surface area contributed by atoms with Crippen molar-refractivity contribution in [1.29, 1.82) is 0 Å². The SMILES string of the molecule is CC(CNC1CC1)Oc1ccccc1C(C)C. The van der Waals surface area contributed by atoms with Crippen molar-refractivity contribution in [1.82, 2.24) is 5.32 Å². The van der Waals surface area contributed by atoms with Crippen LogP contribution in [0.5, 0.6) is 5.75 Å². The normalized spacial score (nSPS) is 17.2. The highest BCUT2D eigenvalue weighted by Gasteiger charge is 2.21. The van der Waals surface area contributed by atoms with Gasteiger partial charge in [0.05, 0.1) is 0 Å². The van der Waals surface area contributed by atoms with Gasteiger partial charge in [-0.25, -0.2) is 0 Å². The summed E-state index contributed by atoms with van der Waals surface area (Å²) in [4.78, 5) is 0. The number of para-hydroxylation sites is 1. The summed E-state index contributed by atoms with van der Waals surface area (Å²) in [6.07, 6.45) is 2.89. The third-order valence-corrected chi connectivity index (χ3v) is 3.14. The molecule has 0 amide bonds. The molecule has 1 aromatic carbocycles. The van der Waals surface area contributed by atoms with E-state index in [9.17, 15) is 0 Å². The van der Waals surface area contributed by atoms with Crippen molar-refractivity contribution >= 4 is 0 Å². The lowest BCUT2D eigenvalue weighted by molar-refractivity contribution is 0.214. The molecule has 2 rings (SSSR count). The van der Waals surface area contributed by atoms with Gasteiger partial charge < -0.3 is 10.1 Å². The molecule has 1 unspecified atom stereocenters. The van der Waals surface area contributed by atoms with Crippen LogP contribution >= 0.6 is 0 Å². The summed E-state index contributed by atoms with van der Waals surface area (Å²) >= 11 is 0. The minimum Gasteiger partial charge on any atom is -0.489 e. The van der Waals surface area contributed by atoms with Crippen molar-refractivity contribution in [3.05, 3.63) is 29.8 Å². The van der Waals surface area contributed by atoms with Crippen molar-refractivity contribution in [3.63, 3.8) is 0 Å². The Morgan fingerprint density at radius 1 is 1.24 bits per heavy atom. The summed E-state index contributed by atoms with van der Waals surface area (Å²) in [5.74, 6) is 1.54. The molecule has 0 bridgehead atoms. The second kappa shape index (κ2) is 5.54. The predicted octanol–water partition coefficient (Wildman–Crippen LogP) is 3.33. The lowest BCUT2D eigenvalue weighted by Crippen LogP contribution is -2.30. The quantitative estimate of drug-likeness (QED) is 0.813. The van der Waals surface area contributed by atoms with Crippen LogP contribution in [0, 0.1) is 0 Å². The van der Waals surface area contributed by atoms with Crippen LogP contribution < -0.4 is 10.1 Å². The number of hydrogen-bond acceptors (Lipinski definition) is 2. The van der Waals surface area contributed by atoms with Crippen molar-refractivity contribution in [2.45, 2.75) is 51.7 Å². The van der Waals surface area contributed by atoms with Crippen LogP contribution in [-0.4, -0.2) is 18.7 Å². The lowest BCUT2D eigenvalue weighted by atomic mass is 10.0. The highest BCUT2D eigenvalue weighted by atomic mass is 16.5. The Morgan fingerprint density at radius 2 is 1.94 bits per heavy atom. The molecule has 1 N–H and O–H groups in total. The van der Waals surface area contributed by atoms with E-state index < -0.39 is 0 Å². The minimum atomic E-state index is 0.232. The van der Waals surface area contributed by atoms with Gasteiger partial charge in [-0.2, -0.15) is 0 Å². The molecule has 0 spiro atoms. The Labute approximate surface area is 104 Å². The Morgan fingerprint density at radius 3 is 2.59 bits per heavy atom. The molecule has 0 heterocycles. The largest absolute Gasteiger partial charge is 0.489 e. The molecule has 0 aliphatic heterocycles. The summed E-state index contributed by atoms with van der Waals surface area (Å²) < 4.78 is 6.02. The van der Waals surface area contributed by atoms with E-state index in [2.05, 4.69) is 44.3 Å². The van der Waals surface area contributed by atoms with E-state index in [0.29, 0.717) is 5.92 Å². The van der Waals surface area contributed by atoms with Gasteiger partial charge in [0.1, 0.15) is 11.9 Å². The second-order valence-corrected chi connectivity index (χ2v) is 5.30. The summed E-state index contributed by atoms with van der Waals surface area (Å²) in [5.41, 5.74) is 1.30. The molecule has 1 aliphatic rings. The van der Waals surface area contributed by atoms with Gasteiger partial charge in [0.2, 0.25) is 0 Å². The third-order valence-electron chi connectivity index (χ3n) is 3.14. The maximum Gasteiger partial charge on any atom is 0.123 e. The molecule has 1 aliphatic carbocycles. The number of ether oxygens (including phenoxy) is 1. The number of nitrogens with one attached hydrogen (secondary N) is 1. The van der Waals surface area contributed by atoms with Gasteiger partial charge in [-0.3, -0.25) is 0 Å². The van der Waals surface area contributed by atoms with Crippen LogP contribution in [0.2, 0.25) is 0 Å². The molecule has 0 radical (unpaired) electrons. The van der Waals surface area contributed by atoms with Crippen molar-refractivity contribution in [3.8, 4) is 5.75 Å². The van der Waals surface area contributed by atoms with Gasteiger partial charge in [0.15, 0.2) is 0 Å². The Balaban J connectivity index is 1.91. The summed E-state index contributed by atoms with van der Waals surface area (Å²) in [5, 5.41) is 3.50. The van der Waals surface area contributed by atoms with Gasteiger partial charge in [-0.05, 0) is 37.3 Å². The van der Waals surface area contributed by atoms with Crippen LogP contribution in [0.15, 0.2) is 24.3 Å². The van der Waals surface area contributed by atoms with Crippen LogP contribution in [0.1, 0.15) is 45.1 Å². The Bertz CT molecular complexity index is 358. The number of benzene rings is 1. The van der Waals surface area contributed by atoms with Crippen molar-refractivity contribution < 1.29 is 4.74 Å². The highest BCUT2D eigenvalue weighted by Crippen LogP contribution is 2.26. The van der Waals surface area contributed by atoms with Gasteiger partial charge in [0, 0.05) is 12.6 Å². The van der Waals surface area contributed by atoms with E-state index in [1.165, 1.54) is 18.4 Å². The molecule has 0 aromatic heterocycles. The molecule has 1 saturated carbocycles. The molecule has 0 saturated heterocycles. The summed E-state index contributed by atoms with van der Waals surface area (Å²) in [6, 6.07) is 9.10. The number of rotatable bonds is 6. The van der Waals surface area contributed by atoms with E-state index in [1.807, 2.05) is 6.07 Å². The monoisotopic (exact) mass is 233 g/mol. The van der Waals surface area contributed by atoms with E-state index in [1.54, 1.807) is 0 Å². The first kappa shape index (κ1) is 12.4. The zero-order valence-corrected chi connectivity index (χ0v) is 11.1. The van der Waals surface area contributed by atoms with Gasteiger partial charge in [-0.1, -0.05) is 32.0 Å². The fraction of sp³-hybridized carbons (Fsp3) is 0.600. The lowest BCUT2D eigenvalue weighted by Gasteiger charge is -2.19. The molecular formula is C15H23NO. The van der Waals surface area contributed by atoms with Crippen LogP contribution in [-0.2, 0) is 0 Å². The highest BCUT2D eigenvalue weighted by molar-refractivity contribution is 5.35. The molecule has 1 aromatic rings. The molecule has 2 nitrogen and oxygen atoms in total.